The summed E-state index contributed by atoms with van der Waals surface area (Å²) < 4.78 is 10.0. The Morgan fingerprint density at radius 2 is 1.67 bits per heavy atom. The van der Waals surface area contributed by atoms with E-state index in [0.29, 0.717) is 0 Å². The van der Waals surface area contributed by atoms with Crippen molar-refractivity contribution >= 4 is 12.2 Å². The molecule has 6 heteroatoms. The Labute approximate surface area is 164 Å². The van der Waals surface area contributed by atoms with Gasteiger partial charge in [0.2, 0.25) is 4.77 Å². The van der Waals surface area contributed by atoms with Crippen molar-refractivity contribution in [2.45, 2.75) is 25.9 Å². The van der Waals surface area contributed by atoms with Crippen LogP contribution in [0.3, 0.4) is 0 Å². The summed E-state index contributed by atoms with van der Waals surface area (Å²) in [4.78, 5) is 2.43. The van der Waals surface area contributed by atoms with Gasteiger partial charge >= 0.3 is 0 Å². The molecule has 1 saturated heterocycles. The van der Waals surface area contributed by atoms with E-state index in [-0.39, 0.29) is 0 Å². The van der Waals surface area contributed by atoms with Gasteiger partial charge in [0.25, 0.3) is 0 Å². The van der Waals surface area contributed by atoms with Gasteiger partial charge in [-0.05, 0) is 74.5 Å². The van der Waals surface area contributed by atoms with Crippen LogP contribution >= 0.6 is 12.2 Å². The van der Waals surface area contributed by atoms with Crippen LogP contribution in [-0.4, -0.2) is 39.4 Å². The number of piperidine rings is 1. The van der Waals surface area contributed by atoms with Crippen LogP contribution in [0.25, 0.3) is 17.1 Å². The van der Waals surface area contributed by atoms with Gasteiger partial charge in [-0.1, -0.05) is 24.6 Å². The number of aromatic nitrogens is 3. The van der Waals surface area contributed by atoms with Crippen molar-refractivity contribution in [3.05, 3.63) is 59.4 Å². The second kappa shape index (κ2) is 8.06. The Balaban J connectivity index is 1.77. The van der Waals surface area contributed by atoms with Crippen LogP contribution in [0.1, 0.15) is 19.3 Å². The lowest BCUT2D eigenvalue weighted by Crippen LogP contribution is -2.32. The van der Waals surface area contributed by atoms with E-state index in [0.717, 1.165) is 47.4 Å². The number of para-hydroxylation sites is 1. The molecule has 0 unspecified atom stereocenters. The SMILES string of the molecule is COc1ccc(-c2nn(CN3CCCCC3)c(=S)n2-c2ccccc2)cc1. The molecular weight excluding hydrogens is 356 g/mol. The average Bonchev–Trinajstić information content (AvgIpc) is 3.05. The maximum atomic E-state index is 5.82. The Morgan fingerprint density at radius 1 is 0.963 bits per heavy atom. The molecule has 1 aromatic heterocycles. The first-order chi connectivity index (χ1) is 13.3. The normalized spacial score (nSPS) is 15.0. The van der Waals surface area contributed by atoms with E-state index in [2.05, 4.69) is 21.6 Å². The summed E-state index contributed by atoms with van der Waals surface area (Å²) in [7, 11) is 1.67. The minimum Gasteiger partial charge on any atom is -0.497 e. The van der Waals surface area contributed by atoms with Crippen molar-refractivity contribution in [2.24, 2.45) is 0 Å². The van der Waals surface area contributed by atoms with E-state index in [1.165, 1.54) is 19.3 Å². The number of rotatable bonds is 5. The minimum atomic E-state index is 0.720. The highest BCUT2D eigenvalue weighted by Crippen LogP contribution is 2.25. The summed E-state index contributed by atoms with van der Waals surface area (Å²) >= 11 is 5.82. The molecule has 0 aliphatic carbocycles. The molecule has 27 heavy (non-hydrogen) atoms. The lowest BCUT2D eigenvalue weighted by atomic mass is 10.1. The fraction of sp³-hybridized carbons (Fsp3) is 0.333. The van der Waals surface area contributed by atoms with E-state index in [1.54, 1.807) is 7.11 Å². The summed E-state index contributed by atoms with van der Waals surface area (Å²) in [5.74, 6) is 1.68. The minimum absolute atomic E-state index is 0.720. The van der Waals surface area contributed by atoms with Gasteiger partial charge in [0.1, 0.15) is 5.75 Å². The quantitative estimate of drug-likeness (QED) is 0.610. The molecule has 0 atom stereocenters. The lowest BCUT2D eigenvalue weighted by Gasteiger charge is -2.25. The summed E-state index contributed by atoms with van der Waals surface area (Å²) in [6.45, 7) is 2.96. The Bertz CT molecular complexity index is 941. The first kappa shape index (κ1) is 17.9. The molecule has 5 nitrogen and oxygen atoms in total. The molecule has 1 aliphatic heterocycles. The molecule has 1 fully saturated rings. The molecule has 0 saturated carbocycles. The maximum absolute atomic E-state index is 5.82. The van der Waals surface area contributed by atoms with Crippen LogP contribution in [-0.2, 0) is 6.67 Å². The Morgan fingerprint density at radius 3 is 2.33 bits per heavy atom. The largest absolute Gasteiger partial charge is 0.497 e. The zero-order valence-corrected chi connectivity index (χ0v) is 16.4. The molecule has 4 rings (SSSR count). The van der Waals surface area contributed by atoms with Crippen LogP contribution < -0.4 is 4.74 Å². The van der Waals surface area contributed by atoms with Crippen LogP contribution in [0, 0.1) is 4.77 Å². The Kier molecular flexibility index (Phi) is 5.36. The topological polar surface area (TPSA) is 35.2 Å². The maximum Gasteiger partial charge on any atom is 0.204 e. The summed E-state index contributed by atoms with van der Waals surface area (Å²) in [6, 6.07) is 18.2. The van der Waals surface area contributed by atoms with E-state index < -0.39 is 0 Å². The average molecular weight is 381 g/mol. The number of hydrogen-bond acceptors (Lipinski definition) is 4. The number of benzene rings is 2. The number of hydrogen-bond donors (Lipinski definition) is 0. The molecule has 0 bridgehead atoms. The van der Waals surface area contributed by atoms with Crippen molar-refractivity contribution in [3.63, 3.8) is 0 Å². The summed E-state index contributed by atoms with van der Waals surface area (Å²) in [5, 5.41) is 4.90. The molecule has 3 aromatic rings. The molecule has 2 aromatic carbocycles. The van der Waals surface area contributed by atoms with Crippen molar-refractivity contribution in [1.29, 1.82) is 0 Å². The van der Waals surface area contributed by atoms with Crippen LogP contribution in [0.2, 0.25) is 0 Å². The number of nitrogens with zero attached hydrogens (tertiary/aromatic N) is 4. The second-order valence-corrected chi connectivity index (χ2v) is 7.19. The zero-order valence-electron chi connectivity index (χ0n) is 15.5. The first-order valence-corrected chi connectivity index (χ1v) is 9.79. The summed E-state index contributed by atoms with van der Waals surface area (Å²) in [5.41, 5.74) is 2.04. The number of likely N-dealkylation sites (tertiary alicyclic amines) is 1. The smallest absolute Gasteiger partial charge is 0.204 e. The molecular formula is C21H24N4OS. The van der Waals surface area contributed by atoms with Gasteiger partial charge in [-0.25, -0.2) is 4.68 Å². The highest BCUT2D eigenvalue weighted by molar-refractivity contribution is 7.71. The Hall–Kier alpha value is -2.44. The van der Waals surface area contributed by atoms with Gasteiger partial charge in [0.05, 0.1) is 13.8 Å². The van der Waals surface area contributed by atoms with E-state index >= 15 is 0 Å². The molecule has 0 amide bonds. The van der Waals surface area contributed by atoms with Crippen molar-refractivity contribution in [2.75, 3.05) is 20.2 Å². The zero-order chi connectivity index (χ0) is 18.6. The van der Waals surface area contributed by atoms with Gasteiger partial charge in [0, 0.05) is 11.3 Å². The molecule has 0 spiro atoms. The van der Waals surface area contributed by atoms with Crippen LogP contribution in [0.15, 0.2) is 54.6 Å². The fourth-order valence-electron chi connectivity index (χ4n) is 3.53. The van der Waals surface area contributed by atoms with Gasteiger partial charge in [0.15, 0.2) is 5.82 Å². The van der Waals surface area contributed by atoms with Gasteiger partial charge < -0.3 is 4.74 Å². The van der Waals surface area contributed by atoms with Crippen molar-refractivity contribution < 1.29 is 4.74 Å². The highest BCUT2D eigenvalue weighted by atomic mass is 32.1. The predicted octanol–water partition coefficient (Wildman–Crippen LogP) is 4.52. The van der Waals surface area contributed by atoms with Crippen LogP contribution in [0.5, 0.6) is 5.75 Å². The third-order valence-electron chi connectivity index (χ3n) is 4.98. The first-order valence-electron chi connectivity index (χ1n) is 9.38. The second-order valence-electron chi connectivity index (χ2n) is 6.83. The van der Waals surface area contributed by atoms with Gasteiger partial charge in [-0.2, -0.15) is 0 Å². The standard InChI is InChI=1S/C21H24N4OS/c1-26-19-12-10-17(11-13-19)20-22-24(16-23-14-6-3-7-15-23)21(27)25(20)18-8-4-2-5-9-18/h2,4-5,8-13H,3,6-7,14-16H2,1H3. The van der Waals surface area contributed by atoms with Gasteiger partial charge in [-0.15, -0.1) is 5.10 Å². The lowest BCUT2D eigenvalue weighted by molar-refractivity contribution is 0.172. The molecule has 0 radical (unpaired) electrons. The molecule has 0 N–H and O–H groups in total. The molecule has 140 valence electrons. The molecule has 2 heterocycles. The van der Waals surface area contributed by atoms with E-state index in [1.807, 2.05) is 47.1 Å². The number of ether oxygens (including phenoxy) is 1. The summed E-state index contributed by atoms with van der Waals surface area (Å²) in [6.07, 6.45) is 3.81. The number of methoxy groups -OCH3 is 1. The fourth-order valence-corrected chi connectivity index (χ4v) is 3.82. The van der Waals surface area contributed by atoms with Crippen molar-refractivity contribution in [3.8, 4) is 22.8 Å². The predicted molar refractivity (Wildman–Crippen MR) is 110 cm³/mol. The van der Waals surface area contributed by atoms with E-state index in [9.17, 15) is 0 Å². The highest BCUT2D eigenvalue weighted by Gasteiger charge is 2.17. The van der Waals surface area contributed by atoms with Gasteiger partial charge in [-0.3, -0.25) is 9.47 Å². The third-order valence-corrected chi connectivity index (χ3v) is 5.38. The van der Waals surface area contributed by atoms with Crippen molar-refractivity contribution in [1.82, 2.24) is 19.2 Å². The monoisotopic (exact) mass is 380 g/mol. The molecule has 1 aliphatic rings. The van der Waals surface area contributed by atoms with E-state index in [4.69, 9.17) is 22.1 Å². The van der Waals surface area contributed by atoms with Crippen LogP contribution in [0.4, 0.5) is 0 Å². The third kappa shape index (κ3) is 3.82.